The van der Waals surface area contributed by atoms with Gasteiger partial charge in [0, 0.05) is 5.75 Å². The first-order chi connectivity index (χ1) is 10.1. The van der Waals surface area contributed by atoms with Crippen LogP contribution in [0.15, 0.2) is 47.6 Å². The van der Waals surface area contributed by atoms with Crippen molar-refractivity contribution >= 4 is 35.4 Å². The number of halogens is 1. The monoisotopic (exact) mass is 302 g/mol. The molecule has 2 aromatic carbocycles. The van der Waals surface area contributed by atoms with E-state index >= 15 is 0 Å². The van der Waals surface area contributed by atoms with Gasteiger partial charge in [-0.05, 0) is 35.3 Å². The van der Waals surface area contributed by atoms with E-state index in [1.165, 1.54) is 17.8 Å². The Hall–Kier alpha value is -1.83. The maximum atomic E-state index is 13.2. The number of fused-ring (bicyclic) bond motifs is 1. The number of nitrogens with zero attached hydrogens (tertiary/aromatic N) is 1. The fourth-order valence-corrected chi connectivity index (χ4v) is 2.98. The number of rotatable bonds is 4. The summed E-state index contributed by atoms with van der Waals surface area (Å²) in [4.78, 5) is 7.61. The van der Waals surface area contributed by atoms with Gasteiger partial charge in [-0.25, -0.2) is 9.37 Å². The predicted octanol–water partition coefficient (Wildman–Crippen LogP) is 1.67. The third-order valence-electron chi connectivity index (χ3n) is 3.12. The van der Waals surface area contributed by atoms with Crippen LogP contribution in [0.25, 0.3) is 11.0 Å². The number of hydrogen-bond acceptors (Lipinski definition) is 4. The first-order valence-corrected chi connectivity index (χ1v) is 7.34. The summed E-state index contributed by atoms with van der Waals surface area (Å²) in [5.41, 5.74) is 2.67. The van der Waals surface area contributed by atoms with Crippen molar-refractivity contribution in [2.75, 3.05) is 0 Å². The molecule has 0 spiro atoms. The van der Waals surface area contributed by atoms with E-state index in [0.717, 1.165) is 22.3 Å². The molecule has 4 nitrogen and oxygen atoms in total. The minimum absolute atomic E-state index is 0.179. The Labute approximate surface area is 125 Å². The Balaban J connectivity index is 1.81. The summed E-state index contributed by atoms with van der Waals surface area (Å²) < 4.78 is 13.2. The summed E-state index contributed by atoms with van der Waals surface area (Å²) in [7, 11) is -1.69. The highest BCUT2D eigenvalue weighted by atomic mass is 32.2. The predicted molar refractivity (Wildman–Crippen MR) is 81.9 cm³/mol. The van der Waals surface area contributed by atoms with Gasteiger partial charge < -0.3 is 15.0 Å². The lowest BCUT2D eigenvalue weighted by Gasteiger charge is -2.07. The fourth-order valence-electron chi connectivity index (χ4n) is 2.08. The first-order valence-electron chi connectivity index (χ1n) is 6.35. The molecule has 1 aromatic heterocycles. The first kappa shape index (κ1) is 14.1. The molecule has 3 N–H and O–H groups in total. The third-order valence-corrected chi connectivity index (χ3v) is 4.04. The van der Waals surface area contributed by atoms with E-state index in [4.69, 9.17) is 0 Å². The second-order valence-corrected chi connectivity index (χ2v) is 5.53. The summed E-state index contributed by atoms with van der Waals surface area (Å²) >= 11 is 1.43. The number of aromatic amines is 1. The van der Waals surface area contributed by atoms with E-state index < -0.39 is 12.9 Å². The largest absolute Gasteiger partial charge is 0.488 e. The van der Waals surface area contributed by atoms with Crippen molar-refractivity contribution in [2.24, 2.45) is 0 Å². The van der Waals surface area contributed by atoms with Crippen LogP contribution in [-0.4, -0.2) is 27.1 Å². The van der Waals surface area contributed by atoms with E-state index in [2.05, 4.69) is 9.97 Å². The second-order valence-electron chi connectivity index (χ2n) is 4.56. The van der Waals surface area contributed by atoms with Gasteiger partial charge in [-0.2, -0.15) is 0 Å². The number of hydrogen-bond donors (Lipinski definition) is 3. The molecule has 0 saturated carbocycles. The zero-order valence-electron chi connectivity index (χ0n) is 11.0. The van der Waals surface area contributed by atoms with Crippen LogP contribution in [0, 0.1) is 5.82 Å². The zero-order chi connectivity index (χ0) is 14.8. The van der Waals surface area contributed by atoms with Crippen molar-refractivity contribution in [3.63, 3.8) is 0 Å². The molecule has 0 radical (unpaired) electrons. The molecule has 0 aliphatic heterocycles. The Morgan fingerprint density at radius 2 is 2.00 bits per heavy atom. The minimum Gasteiger partial charge on any atom is -0.423 e. The number of thioether (sulfide) groups is 1. The minimum atomic E-state index is -1.69. The lowest BCUT2D eigenvalue weighted by atomic mass is 9.77. The molecule has 7 heteroatoms. The highest BCUT2D eigenvalue weighted by Crippen LogP contribution is 2.22. The van der Waals surface area contributed by atoms with E-state index in [9.17, 15) is 14.4 Å². The Kier molecular flexibility index (Phi) is 3.96. The average molecular weight is 302 g/mol. The molecule has 106 valence electrons. The molecule has 0 fully saturated rings. The van der Waals surface area contributed by atoms with Crippen LogP contribution in [0.1, 0.15) is 5.56 Å². The quantitative estimate of drug-likeness (QED) is 0.506. The number of imidazole rings is 1. The van der Waals surface area contributed by atoms with Gasteiger partial charge in [0.15, 0.2) is 5.16 Å². The molecule has 0 bridgehead atoms. The van der Waals surface area contributed by atoms with Gasteiger partial charge in [-0.15, -0.1) is 0 Å². The molecule has 0 aliphatic carbocycles. The lowest BCUT2D eigenvalue weighted by molar-refractivity contribution is 0.425. The van der Waals surface area contributed by atoms with Crippen molar-refractivity contribution in [1.29, 1.82) is 0 Å². The molecule has 21 heavy (non-hydrogen) atoms. The molecule has 3 rings (SSSR count). The Bertz CT molecular complexity index is 746. The van der Waals surface area contributed by atoms with E-state index in [0.29, 0.717) is 11.3 Å². The van der Waals surface area contributed by atoms with Crippen LogP contribution in [0.3, 0.4) is 0 Å². The van der Waals surface area contributed by atoms with Crippen molar-refractivity contribution in [1.82, 2.24) is 9.97 Å². The van der Waals surface area contributed by atoms with Gasteiger partial charge in [0.25, 0.3) is 0 Å². The van der Waals surface area contributed by atoms with Crippen LogP contribution in [-0.2, 0) is 5.75 Å². The van der Waals surface area contributed by atoms with Crippen LogP contribution >= 0.6 is 11.8 Å². The van der Waals surface area contributed by atoms with Gasteiger partial charge in [-0.1, -0.05) is 30.0 Å². The Morgan fingerprint density at radius 3 is 2.76 bits per heavy atom. The molecule has 1 heterocycles. The van der Waals surface area contributed by atoms with Gasteiger partial charge in [-0.3, -0.25) is 0 Å². The maximum Gasteiger partial charge on any atom is 0.488 e. The summed E-state index contributed by atoms with van der Waals surface area (Å²) in [5.74, 6) is -0.0249. The second kappa shape index (κ2) is 5.89. The van der Waals surface area contributed by atoms with E-state index in [-0.39, 0.29) is 5.46 Å². The van der Waals surface area contributed by atoms with E-state index in [1.54, 1.807) is 6.07 Å². The molecular formula is C14H12BFN2O2S. The van der Waals surface area contributed by atoms with Crippen LogP contribution in [0.5, 0.6) is 0 Å². The average Bonchev–Trinajstić information content (AvgIpc) is 2.88. The summed E-state index contributed by atoms with van der Waals surface area (Å²) in [6.45, 7) is 0. The van der Waals surface area contributed by atoms with Gasteiger partial charge >= 0.3 is 7.12 Å². The van der Waals surface area contributed by atoms with Crippen LogP contribution < -0.4 is 5.46 Å². The van der Waals surface area contributed by atoms with Crippen LogP contribution in [0.4, 0.5) is 4.39 Å². The summed E-state index contributed by atoms with van der Waals surface area (Å²) in [6.07, 6.45) is 0. The van der Waals surface area contributed by atoms with Crippen molar-refractivity contribution in [2.45, 2.75) is 10.9 Å². The SMILES string of the molecule is OB(O)c1cc(F)ccc1CSc1nc2ccccc2[nH]1. The summed E-state index contributed by atoms with van der Waals surface area (Å²) in [5, 5.41) is 19.3. The van der Waals surface area contributed by atoms with E-state index in [1.807, 2.05) is 24.3 Å². The van der Waals surface area contributed by atoms with Crippen molar-refractivity contribution in [3.8, 4) is 0 Å². The van der Waals surface area contributed by atoms with Gasteiger partial charge in [0.05, 0.1) is 11.0 Å². The fraction of sp³-hybridized carbons (Fsp3) is 0.0714. The van der Waals surface area contributed by atoms with Gasteiger partial charge in [0.1, 0.15) is 5.82 Å². The number of nitrogens with one attached hydrogen (secondary N) is 1. The molecule has 0 unspecified atom stereocenters. The normalized spacial score (nSPS) is 11.0. The molecule has 3 aromatic rings. The van der Waals surface area contributed by atoms with Gasteiger partial charge in [0.2, 0.25) is 0 Å². The van der Waals surface area contributed by atoms with Crippen molar-refractivity contribution < 1.29 is 14.4 Å². The van der Waals surface area contributed by atoms with Crippen LogP contribution in [0.2, 0.25) is 0 Å². The maximum absolute atomic E-state index is 13.2. The molecule has 0 saturated heterocycles. The highest BCUT2D eigenvalue weighted by molar-refractivity contribution is 7.98. The number of aromatic nitrogens is 2. The smallest absolute Gasteiger partial charge is 0.423 e. The molecule has 0 amide bonds. The molecule has 0 aliphatic rings. The van der Waals surface area contributed by atoms with Crippen molar-refractivity contribution in [3.05, 3.63) is 53.8 Å². The highest BCUT2D eigenvalue weighted by Gasteiger charge is 2.17. The lowest BCUT2D eigenvalue weighted by Crippen LogP contribution is -2.33. The molecular weight excluding hydrogens is 290 g/mol. The number of para-hydroxylation sites is 2. The topological polar surface area (TPSA) is 69.1 Å². The molecule has 0 atom stereocenters. The Morgan fingerprint density at radius 1 is 1.19 bits per heavy atom. The number of H-pyrrole nitrogens is 1. The number of benzene rings is 2. The third kappa shape index (κ3) is 3.10. The summed E-state index contributed by atoms with van der Waals surface area (Å²) in [6, 6.07) is 11.7. The zero-order valence-corrected chi connectivity index (χ0v) is 11.8. The standard InChI is InChI=1S/C14H12BFN2O2S/c16-10-6-5-9(11(7-10)15(19)20)8-21-14-17-12-3-1-2-4-13(12)18-14/h1-7,19-20H,8H2,(H,17,18).